The van der Waals surface area contributed by atoms with Crippen molar-refractivity contribution in [3.63, 3.8) is 0 Å². The summed E-state index contributed by atoms with van der Waals surface area (Å²) in [5, 5.41) is 7.59. The van der Waals surface area contributed by atoms with E-state index in [1.54, 1.807) is 18.3 Å². The lowest BCUT2D eigenvalue weighted by atomic mass is 10.0. The van der Waals surface area contributed by atoms with E-state index in [1.165, 1.54) is 19.2 Å². The molecule has 4 heterocycles. The molecule has 5 rings (SSSR count). The average Bonchev–Trinajstić information content (AvgIpc) is 3.47. The van der Waals surface area contributed by atoms with Crippen molar-refractivity contribution in [2.45, 2.75) is 38.4 Å². The molecule has 2 aliphatic rings. The van der Waals surface area contributed by atoms with Crippen LogP contribution >= 0.6 is 0 Å². The molecule has 2 aromatic heterocycles. The van der Waals surface area contributed by atoms with Crippen LogP contribution in [0.2, 0.25) is 0 Å². The first-order valence-electron chi connectivity index (χ1n) is 11.5. The van der Waals surface area contributed by atoms with Gasteiger partial charge in [0.25, 0.3) is 0 Å². The zero-order valence-corrected chi connectivity index (χ0v) is 19.1. The molecule has 180 valence electrons. The van der Waals surface area contributed by atoms with Crippen molar-refractivity contribution < 1.29 is 18.0 Å². The Morgan fingerprint density at radius 3 is 2.71 bits per heavy atom. The largest absolute Gasteiger partial charge is 0.413 e. The van der Waals surface area contributed by atoms with Gasteiger partial charge < -0.3 is 15.1 Å². The third-order valence-electron chi connectivity index (χ3n) is 6.74. The predicted octanol–water partition coefficient (Wildman–Crippen LogP) is 3.79. The van der Waals surface area contributed by atoms with Crippen molar-refractivity contribution in [2.75, 3.05) is 31.6 Å². The van der Waals surface area contributed by atoms with E-state index in [2.05, 4.69) is 20.3 Å². The van der Waals surface area contributed by atoms with Gasteiger partial charge in [0.05, 0.1) is 29.2 Å². The molecule has 0 bridgehead atoms. The number of benzene rings is 1. The highest BCUT2D eigenvalue weighted by Crippen LogP contribution is 2.40. The SMILES string of the molecule is Cc1cc2ncc3c(n2n1)CCCN3c1ccc([C@H](N(C)C(=O)C2CCNC2)C(F)(F)F)cc1. The van der Waals surface area contributed by atoms with Crippen LogP contribution in [0.25, 0.3) is 5.65 Å². The summed E-state index contributed by atoms with van der Waals surface area (Å²) >= 11 is 0. The Bertz CT molecular complexity index is 1200. The van der Waals surface area contributed by atoms with Crippen LogP contribution in [0.4, 0.5) is 24.5 Å². The smallest absolute Gasteiger partial charge is 0.339 e. The summed E-state index contributed by atoms with van der Waals surface area (Å²) in [7, 11) is 1.25. The van der Waals surface area contributed by atoms with Gasteiger partial charge in [-0.1, -0.05) is 12.1 Å². The van der Waals surface area contributed by atoms with Gasteiger partial charge in [0, 0.05) is 31.9 Å². The zero-order valence-electron chi connectivity index (χ0n) is 19.1. The summed E-state index contributed by atoms with van der Waals surface area (Å²) in [5.74, 6) is -0.903. The fourth-order valence-electron chi connectivity index (χ4n) is 5.09. The van der Waals surface area contributed by atoms with Crippen LogP contribution in [-0.2, 0) is 11.2 Å². The van der Waals surface area contributed by atoms with E-state index in [-0.39, 0.29) is 5.56 Å². The molecule has 2 atom stereocenters. The molecule has 1 amide bonds. The summed E-state index contributed by atoms with van der Waals surface area (Å²) in [6.07, 6.45) is -0.478. The lowest BCUT2D eigenvalue weighted by Gasteiger charge is -2.33. The number of halogens is 3. The maximum Gasteiger partial charge on any atom is 0.413 e. The fourth-order valence-corrected chi connectivity index (χ4v) is 5.09. The second-order valence-corrected chi connectivity index (χ2v) is 9.08. The van der Waals surface area contributed by atoms with Gasteiger partial charge in [-0.3, -0.25) is 4.79 Å². The molecule has 0 aliphatic carbocycles. The van der Waals surface area contributed by atoms with Crippen molar-refractivity contribution in [1.29, 1.82) is 0 Å². The Morgan fingerprint density at radius 2 is 2.03 bits per heavy atom. The number of alkyl halides is 3. The van der Waals surface area contributed by atoms with E-state index in [4.69, 9.17) is 0 Å². The van der Waals surface area contributed by atoms with E-state index < -0.39 is 24.0 Å². The van der Waals surface area contributed by atoms with Gasteiger partial charge in [0.15, 0.2) is 11.7 Å². The van der Waals surface area contributed by atoms with Crippen LogP contribution < -0.4 is 10.2 Å². The number of amides is 1. The molecule has 0 radical (unpaired) electrons. The molecule has 0 spiro atoms. The molecule has 1 aromatic carbocycles. The number of anilines is 2. The molecule has 3 aromatic rings. The number of nitrogens with zero attached hydrogens (tertiary/aromatic N) is 5. The lowest BCUT2D eigenvalue weighted by Crippen LogP contribution is -2.43. The molecule has 1 fully saturated rings. The Labute approximate surface area is 195 Å². The molecule has 1 saturated heterocycles. The van der Waals surface area contributed by atoms with Gasteiger partial charge in [-0.15, -0.1) is 0 Å². The Morgan fingerprint density at radius 1 is 1.26 bits per heavy atom. The average molecular weight is 473 g/mol. The van der Waals surface area contributed by atoms with E-state index >= 15 is 0 Å². The molecular weight excluding hydrogens is 445 g/mol. The Balaban J connectivity index is 1.45. The van der Waals surface area contributed by atoms with E-state index in [0.717, 1.165) is 52.7 Å². The molecule has 10 heteroatoms. The fraction of sp³-hybridized carbons (Fsp3) is 0.458. The summed E-state index contributed by atoms with van der Waals surface area (Å²) in [6, 6.07) is 6.26. The number of hydrogen-bond donors (Lipinski definition) is 1. The standard InChI is InChI=1S/C24H27F3N6O/c1-15-12-21-29-14-20-19(33(21)30-15)4-3-11-32(20)18-7-5-16(6-8-18)22(24(25,26)27)31(2)23(34)17-9-10-28-13-17/h5-8,12,14,17,22,28H,3-4,9-11,13H2,1-2H3/t17?,22-/m0/s1. The molecular formula is C24H27F3N6O. The summed E-state index contributed by atoms with van der Waals surface area (Å²) < 4.78 is 44.1. The van der Waals surface area contributed by atoms with Crippen LogP contribution in [0.15, 0.2) is 36.5 Å². The number of hydrogen-bond acceptors (Lipinski definition) is 5. The van der Waals surface area contributed by atoms with Gasteiger partial charge >= 0.3 is 6.18 Å². The van der Waals surface area contributed by atoms with Crippen LogP contribution in [0.5, 0.6) is 0 Å². The number of carbonyl (C=O) groups excluding carboxylic acids is 1. The number of nitrogens with one attached hydrogen (secondary N) is 1. The quantitative estimate of drug-likeness (QED) is 0.626. The Kier molecular flexibility index (Phi) is 5.71. The predicted molar refractivity (Wildman–Crippen MR) is 122 cm³/mol. The van der Waals surface area contributed by atoms with Crippen molar-refractivity contribution in [3.8, 4) is 0 Å². The van der Waals surface area contributed by atoms with Gasteiger partial charge in [-0.05, 0) is 50.4 Å². The van der Waals surface area contributed by atoms with Crippen LogP contribution in [-0.4, -0.2) is 58.3 Å². The van der Waals surface area contributed by atoms with Gasteiger partial charge in [-0.25, -0.2) is 9.50 Å². The van der Waals surface area contributed by atoms with Gasteiger partial charge in [0.1, 0.15) is 0 Å². The van der Waals surface area contributed by atoms with Crippen molar-refractivity contribution in [1.82, 2.24) is 24.8 Å². The van der Waals surface area contributed by atoms with Crippen LogP contribution in [0.3, 0.4) is 0 Å². The van der Waals surface area contributed by atoms with Crippen molar-refractivity contribution in [2.24, 2.45) is 5.92 Å². The van der Waals surface area contributed by atoms with Gasteiger partial charge in [0.2, 0.25) is 5.91 Å². The molecule has 34 heavy (non-hydrogen) atoms. The Hall–Kier alpha value is -3.14. The minimum Gasteiger partial charge on any atom is -0.339 e. The van der Waals surface area contributed by atoms with E-state index in [0.29, 0.717) is 19.5 Å². The highest BCUT2D eigenvalue weighted by atomic mass is 19.4. The molecule has 1 N–H and O–H groups in total. The highest BCUT2D eigenvalue weighted by Gasteiger charge is 2.46. The van der Waals surface area contributed by atoms with E-state index in [1.807, 2.05) is 17.5 Å². The van der Waals surface area contributed by atoms with E-state index in [9.17, 15) is 18.0 Å². The first kappa shape index (κ1) is 22.6. The normalized spacial score (nSPS) is 19.3. The molecule has 1 unspecified atom stereocenters. The number of aryl methyl sites for hydroxylation is 2. The zero-order chi connectivity index (χ0) is 24.0. The number of fused-ring (bicyclic) bond motifs is 3. The summed E-state index contributed by atoms with van der Waals surface area (Å²) in [5.41, 5.74) is 4.44. The molecule has 7 nitrogen and oxygen atoms in total. The van der Waals surface area contributed by atoms with Crippen LogP contribution in [0, 0.1) is 12.8 Å². The number of carbonyl (C=O) groups is 1. The van der Waals surface area contributed by atoms with Crippen molar-refractivity contribution in [3.05, 3.63) is 53.5 Å². The maximum atomic E-state index is 14.1. The maximum absolute atomic E-state index is 14.1. The second kappa shape index (κ2) is 8.57. The molecule has 2 aliphatic heterocycles. The summed E-state index contributed by atoms with van der Waals surface area (Å²) in [6.45, 7) is 3.71. The highest BCUT2D eigenvalue weighted by molar-refractivity contribution is 5.80. The first-order valence-corrected chi connectivity index (χ1v) is 11.5. The number of aromatic nitrogens is 3. The van der Waals surface area contributed by atoms with Crippen molar-refractivity contribution >= 4 is 22.9 Å². The lowest BCUT2D eigenvalue weighted by molar-refractivity contribution is -0.190. The van der Waals surface area contributed by atoms with Crippen LogP contribution in [0.1, 0.15) is 35.8 Å². The topological polar surface area (TPSA) is 65.8 Å². The minimum atomic E-state index is -4.58. The second-order valence-electron chi connectivity index (χ2n) is 9.08. The number of rotatable bonds is 4. The summed E-state index contributed by atoms with van der Waals surface area (Å²) in [4.78, 5) is 20.2. The third kappa shape index (κ3) is 4.00. The first-order chi connectivity index (χ1) is 16.2. The third-order valence-corrected chi connectivity index (χ3v) is 6.74. The minimum absolute atomic E-state index is 0.0477. The monoisotopic (exact) mass is 472 g/mol. The molecule has 0 saturated carbocycles. The van der Waals surface area contributed by atoms with Gasteiger partial charge in [-0.2, -0.15) is 18.3 Å².